The van der Waals surface area contributed by atoms with E-state index < -0.39 is 0 Å². The van der Waals surface area contributed by atoms with Gasteiger partial charge in [-0.1, -0.05) is 36.8 Å². The number of carbonyl (C=O) groups is 2. The van der Waals surface area contributed by atoms with Gasteiger partial charge in [0.1, 0.15) is 5.75 Å². The van der Waals surface area contributed by atoms with Gasteiger partial charge < -0.3 is 14.5 Å². The smallest absolute Gasteiger partial charge is 0.274 e. The van der Waals surface area contributed by atoms with E-state index in [1.165, 1.54) is 12.1 Å². The van der Waals surface area contributed by atoms with E-state index in [4.69, 9.17) is 9.84 Å². The van der Waals surface area contributed by atoms with Crippen LogP contribution in [0, 0.1) is 0 Å². The highest BCUT2D eigenvalue weighted by atomic mass is 16.5. The van der Waals surface area contributed by atoms with Gasteiger partial charge in [0.2, 0.25) is 0 Å². The van der Waals surface area contributed by atoms with Gasteiger partial charge in [0.05, 0.1) is 18.4 Å². The molecule has 7 nitrogen and oxygen atoms in total. The zero-order valence-electron chi connectivity index (χ0n) is 20.3. The van der Waals surface area contributed by atoms with E-state index in [1.807, 2.05) is 56.9 Å². The van der Waals surface area contributed by atoms with Crippen molar-refractivity contribution < 1.29 is 14.3 Å². The molecule has 1 aromatic heterocycles. The molecule has 1 aliphatic heterocycles. The molecule has 2 aliphatic rings. The molecule has 2 heterocycles. The van der Waals surface area contributed by atoms with E-state index in [-0.39, 0.29) is 11.8 Å². The summed E-state index contributed by atoms with van der Waals surface area (Å²) in [5, 5.41) is 4.86. The van der Waals surface area contributed by atoms with E-state index in [0.29, 0.717) is 43.2 Å². The lowest BCUT2D eigenvalue weighted by Crippen LogP contribution is -2.38. The number of para-hydroxylation sites is 2. The molecule has 5 rings (SSSR count). The summed E-state index contributed by atoms with van der Waals surface area (Å²) in [4.78, 5) is 30.7. The number of rotatable bonds is 4. The summed E-state index contributed by atoms with van der Waals surface area (Å²) >= 11 is 0. The van der Waals surface area contributed by atoms with Gasteiger partial charge in [-0.2, -0.15) is 5.10 Å². The number of methoxy groups -OCH3 is 1. The summed E-state index contributed by atoms with van der Waals surface area (Å²) in [6, 6.07) is 17.4. The van der Waals surface area contributed by atoms with Crippen molar-refractivity contribution in [1.82, 2.24) is 19.6 Å². The van der Waals surface area contributed by atoms with Crippen molar-refractivity contribution in [2.24, 2.45) is 0 Å². The van der Waals surface area contributed by atoms with E-state index in [1.54, 1.807) is 19.2 Å². The molecule has 182 valence electrons. The summed E-state index contributed by atoms with van der Waals surface area (Å²) in [7, 11) is 1.58. The molecule has 0 unspecified atom stereocenters. The fourth-order valence-corrected chi connectivity index (χ4v) is 5.20. The summed E-state index contributed by atoms with van der Waals surface area (Å²) in [6.45, 7) is 2.20. The molecule has 2 amide bonds. The van der Waals surface area contributed by atoms with Crippen LogP contribution < -0.4 is 4.74 Å². The Balaban J connectivity index is 1.37. The normalized spacial score (nSPS) is 16.3. The third-order valence-corrected chi connectivity index (χ3v) is 7.04. The molecular weight excluding hydrogens is 440 g/mol. The van der Waals surface area contributed by atoms with Gasteiger partial charge in [0.25, 0.3) is 11.8 Å². The van der Waals surface area contributed by atoms with Crippen LogP contribution in [0.3, 0.4) is 0 Å². The number of amides is 2. The molecule has 1 fully saturated rings. The van der Waals surface area contributed by atoms with Gasteiger partial charge in [0, 0.05) is 37.4 Å². The number of hydrogen-bond donors (Lipinski definition) is 0. The summed E-state index contributed by atoms with van der Waals surface area (Å²) in [6.07, 6.45) is 5.91. The molecule has 1 aliphatic carbocycles. The Morgan fingerprint density at radius 2 is 1.46 bits per heavy atom. The second-order valence-corrected chi connectivity index (χ2v) is 9.22. The molecule has 3 aromatic rings. The monoisotopic (exact) mass is 472 g/mol. The Bertz CT molecular complexity index is 1200. The van der Waals surface area contributed by atoms with Crippen LogP contribution in [0.4, 0.5) is 0 Å². The Morgan fingerprint density at radius 3 is 2.23 bits per heavy atom. The first-order valence-corrected chi connectivity index (χ1v) is 12.5. The topological polar surface area (TPSA) is 67.7 Å². The van der Waals surface area contributed by atoms with Gasteiger partial charge in [0.15, 0.2) is 5.69 Å². The standard InChI is InChI=1S/C28H32N4O3/c1-35-25-16-9-8-14-23(25)27(33)30-17-10-18-31(20-19-30)28(34)26-22-13-6-3-7-15-24(22)32(29-26)21-11-4-2-5-12-21/h2,4-5,8-9,11-12,14,16H,3,6-7,10,13,15,17-20H2,1H3. The SMILES string of the molecule is COc1ccccc1C(=O)N1CCCN(C(=O)c2nn(-c3ccccc3)c3c2CCCCC3)CC1. The third kappa shape index (κ3) is 4.67. The molecule has 0 radical (unpaired) electrons. The fraction of sp³-hybridized carbons (Fsp3) is 0.393. The van der Waals surface area contributed by atoms with Crippen LogP contribution >= 0.6 is 0 Å². The molecule has 7 heteroatoms. The van der Waals surface area contributed by atoms with Gasteiger partial charge in [-0.3, -0.25) is 9.59 Å². The highest BCUT2D eigenvalue weighted by Crippen LogP contribution is 2.28. The lowest BCUT2D eigenvalue weighted by molar-refractivity contribution is 0.0713. The Kier molecular flexibility index (Phi) is 6.84. The second kappa shape index (κ2) is 10.3. The average Bonchev–Trinajstić information content (AvgIpc) is 3.08. The van der Waals surface area contributed by atoms with Gasteiger partial charge in [-0.25, -0.2) is 4.68 Å². The van der Waals surface area contributed by atoms with E-state index in [9.17, 15) is 9.59 Å². The summed E-state index contributed by atoms with van der Waals surface area (Å²) in [5.41, 5.74) is 4.40. The van der Waals surface area contributed by atoms with Crippen molar-refractivity contribution in [3.8, 4) is 11.4 Å². The molecule has 0 bridgehead atoms. The first kappa shape index (κ1) is 23.1. The maximum Gasteiger partial charge on any atom is 0.274 e. The lowest BCUT2D eigenvalue weighted by Gasteiger charge is -2.22. The first-order chi connectivity index (χ1) is 17.2. The first-order valence-electron chi connectivity index (χ1n) is 12.5. The van der Waals surface area contributed by atoms with Gasteiger partial charge >= 0.3 is 0 Å². The summed E-state index contributed by atoms with van der Waals surface area (Å²) in [5.74, 6) is 0.493. The maximum absolute atomic E-state index is 13.8. The molecule has 35 heavy (non-hydrogen) atoms. The molecule has 0 N–H and O–H groups in total. The Labute approximate surface area is 206 Å². The van der Waals surface area contributed by atoms with Crippen LogP contribution in [0.25, 0.3) is 5.69 Å². The highest BCUT2D eigenvalue weighted by molar-refractivity contribution is 5.97. The van der Waals surface area contributed by atoms with Crippen molar-refractivity contribution in [2.45, 2.75) is 38.5 Å². The zero-order valence-corrected chi connectivity index (χ0v) is 20.3. The number of ether oxygens (including phenoxy) is 1. The minimum atomic E-state index is -0.0565. The van der Waals surface area contributed by atoms with Crippen LogP contribution in [0.1, 0.15) is 57.8 Å². The van der Waals surface area contributed by atoms with Gasteiger partial charge in [-0.05, 0) is 56.4 Å². The largest absolute Gasteiger partial charge is 0.496 e. The lowest BCUT2D eigenvalue weighted by atomic mass is 10.1. The van der Waals surface area contributed by atoms with Crippen LogP contribution in [0.15, 0.2) is 54.6 Å². The molecule has 0 saturated carbocycles. The van der Waals surface area contributed by atoms with E-state index >= 15 is 0 Å². The van der Waals surface area contributed by atoms with Crippen LogP contribution in [-0.2, 0) is 12.8 Å². The highest BCUT2D eigenvalue weighted by Gasteiger charge is 2.30. The van der Waals surface area contributed by atoms with Crippen LogP contribution in [0.2, 0.25) is 0 Å². The van der Waals surface area contributed by atoms with Gasteiger partial charge in [-0.15, -0.1) is 0 Å². The van der Waals surface area contributed by atoms with Crippen molar-refractivity contribution in [1.29, 1.82) is 0 Å². The molecule has 1 saturated heterocycles. The van der Waals surface area contributed by atoms with Crippen molar-refractivity contribution in [3.63, 3.8) is 0 Å². The number of fused-ring (bicyclic) bond motifs is 1. The van der Waals surface area contributed by atoms with Crippen molar-refractivity contribution in [2.75, 3.05) is 33.3 Å². The number of nitrogens with zero attached hydrogens (tertiary/aromatic N) is 4. The average molecular weight is 473 g/mol. The van der Waals surface area contributed by atoms with Crippen LogP contribution in [0.5, 0.6) is 5.75 Å². The number of carbonyl (C=O) groups excluding carboxylic acids is 2. The molecular formula is C28H32N4O3. The minimum absolute atomic E-state index is 0.0237. The quantitative estimate of drug-likeness (QED) is 0.536. The maximum atomic E-state index is 13.8. The van der Waals surface area contributed by atoms with Crippen LogP contribution in [-0.4, -0.2) is 64.7 Å². The Morgan fingerprint density at radius 1 is 0.771 bits per heavy atom. The molecule has 2 aromatic carbocycles. The predicted molar refractivity (Wildman–Crippen MR) is 134 cm³/mol. The third-order valence-electron chi connectivity index (χ3n) is 7.04. The van der Waals surface area contributed by atoms with E-state index in [0.717, 1.165) is 43.4 Å². The predicted octanol–water partition coefficient (Wildman–Crippen LogP) is 4.14. The number of hydrogen-bond acceptors (Lipinski definition) is 4. The minimum Gasteiger partial charge on any atom is -0.496 e. The van der Waals surface area contributed by atoms with E-state index in [2.05, 4.69) is 0 Å². The molecule has 0 spiro atoms. The van der Waals surface area contributed by atoms with Crippen molar-refractivity contribution in [3.05, 3.63) is 77.1 Å². The number of benzene rings is 2. The van der Waals surface area contributed by atoms with Crippen molar-refractivity contribution >= 4 is 11.8 Å². The number of aromatic nitrogens is 2. The molecule has 0 atom stereocenters. The Hall–Kier alpha value is -3.61. The fourth-order valence-electron chi connectivity index (χ4n) is 5.20. The second-order valence-electron chi connectivity index (χ2n) is 9.22. The summed E-state index contributed by atoms with van der Waals surface area (Å²) < 4.78 is 7.36. The zero-order chi connectivity index (χ0) is 24.2.